The molecule has 7 heteroatoms. The molecule has 0 saturated heterocycles. The Labute approximate surface area is 114 Å². The molecule has 0 radical (unpaired) electrons. The van der Waals surface area contributed by atoms with Crippen LogP contribution in [0, 0.1) is 5.41 Å². The van der Waals surface area contributed by atoms with Gasteiger partial charge in [-0.05, 0) is 23.8 Å². The smallest absolute Gasteiger partial charge is 0.317 e. The molecule has 1 aromatic heterocycles. The molecule has 0 saturated carbocycles. The largest absolute Gasteiger partial charge is 0.459 e. The van der Waals surface area contributed by atoms with Crippen LogP contribution in [-0.2, 0) is 6.61 Å². The van der Waals surface area contributed by atoms with Gasteiger partial charge in [0.2, 0.25) is 6.79 Å². The Morgan fingerprint density at radius 1 is 1.30 bits per heavy atom. The molecule has 1 aromatic carbocycles. The molecule has 0 aliphatic carbocycles. The summed E-state index contributed by atoms with van der Waals surface area (Å²) in [6.07, 6.45) is 1.50. The van der Waals surface area contributed by atoms with Crippen molar-refractivity contribution < 1.29 is 14.2 Å². The SMILES string of the molecule is N=C(N)c1ccnc(OCc2ccc3c(c2)OCO3)n1. The maximum Gasteiger partial charge on any atom is 0.317 e. The van der Waals surface area contributed by atoms with Crippen molar-refractivity contribution in [3.63, 3.8) is 0 Å². The Kier molecular flexibility index (Phi) is 3.08. The summed E-state index contributed by atoms with van der Waals surface area (Å²) >= 11 is 0. The standard InChI is InChI=1S/C13H12N4O3/c14-12(15)9-3-4-16-13(17-9)18-6-8-1-2-10-11(5-8)20-7-19-10/h1-5H,6-7H2,(H3,14,15). The molecule has 0 spiro atoms. The number of hydrogen-bond acceptors (Lipinski definition) is 6. The first-order valence-corrected chi connectivity index (χ1v) is 5.91. The molecule has 3 rings (SSSR count). The first-order valence-electron chi connectivity index (χ1n) is 5.91. The Balaban J connectivity index is 1.70. The van der Waals surface area contributed by atoms with Crippen molar-refractivity contribution in [3.05, 3.63) is 41.7 Å². The minimum absolute atomic E-state index is 0.125. The third-order valence-electron chi connectivity index (χ3n) is 2.71. The Morgan fingerprint density at radius 2 is 2.15 bits per heavy atom. The highest BCUT2D eigenvalue weighted by Gasteiger charge is 2.13. The van der Waals surface area contributed by atoms with E-state index in [0.717, 1.165) is 11.3 Å². The molecule has 0 atom stereocenters. The lowest BCUT2D eigenvalue weighted by Crippen LogP contribution is -2.14. The zero-order valence-electron chi connectivity index (χ0n) is 10.5. The van der Waals surface area contributed by atoms with Gasteiger partial charge in [-0.15, -0.1) is 0 Å². The zero-order valence-corrected chi connectivity index (χ0v) is 10.5. The maximum atomic E-state index is 7.31. The van der Waals surface area contributed by atoms with Gasteiger partial charge in [-0.3, -0.25) is 5.41 Å². The van der Waals surface area contributed by atoms with Gasteiger partial charge in [-0.1, -0.05) is 6.07 Å². The van der Waals surface area contributed by atoms with Gasteiger partial charge < -0.3 is 19.9 Å². The van der Waals surface area contributed by atoms with Crippen molar-refractivity contribution >= 4 is 5.84 Å². The van der Waals surface area contributed by atoms with E-state index in [1.807, 2.05) is 18.2 Å². The predicted molar refractivity (Wildman–Crippen MR) is 69.9 cm³/mol. The van der Waals surface area contributed by atoms with Gasteiger partial charge >= 0.3 is 6.01 Å². The van der Waals surface area contributed by atoms with Gasteiger partial charge in [-0.2, -0.15) is 4.98 Å². The normalized spacial score (nSPS) is 12.2. The highest BCUT2D eigenvalue weighted by molar-refractivity contribution is 5.92. The van der Waals surface area contributed by atoms with Crippen LogP contribution in [0.1, 0.15) is 11.3 Å². The van der Waals surface area contributed by atoms with E-state index < -0.39 is 0 Å². The number of rotatable bonds is 4. The van der Waals surface area contributed by atoms with Crippen LogP contribution in [0.4, 0.5) is 0 Å². The third-order valence-corrected chi connectivity index (χ3v) is 2.71. The zero-order chi connectivity index (χ0) is 13.9. The van der Waals surface area contributed by atoms with E-state index in [1.54, 1.807) is 6.07 Å². The van der Waals surface area contributed by atoms with Gasteiger partial charge in [0.15, 0.2) is 11.5 Å². The van der Waals surface area contributed by atoms with Crippen LogP contribution in [0.15, 0.2) is 30.5 Å². The Morgan fingerprint density at radius 3 is 3.00 bits per heavy atom. The Bertz CT molecular complexity index is 660. The fourth-order valence-electron chi connectivity index (χ4n) is 1.74. The van der Waals surface area contributed by atoms with E-state index in [0.29, 0.717) is 11.4 Å². The number of nitrogens with two attached hydrogens (primary N) is 1. The molecule has 1 aliphatic rings. The van der Waals surface area contributed by atoms with Crippen LogP contribution in [0.25, 0.3) is 0 Å². The molecule has 2 heterocycles. The van der Waals surface area contributed by atoms with Crippen LogP contribution in [0.5, 0.6) is 17.5 Å². The summed E-state index contributed by atoms with van der Waals surface area (Å²) in [7, 11) is 0. The molecule has 102 valence electrons. The van der Waals surface area contributed by atoms with Gasteiger partial charge in [0, 0.05) is 6.20 Å². The van der Waals surface area contributed by atoms with Gasteiger partial charge in [0.1, 0.15) is 18.1 Å². The molecule has 3 N–H and O–H groups in total. The number of hydrogen-bond donors (Lipinski definition) is 2. The number of amidine groups is 1. The molecular weight excluding hydrogens is 260 g/mol. The predicted octanol–water partition coefficient (Wildman–Crippen LogP) is 1.07. The van der Waals surface area contributed by atoms with E-state index in [2.05, 4.69) is 9.97 Å². The third kappa shape index (κ3) is 2.46. The van der Waals surface area contributed by atoms with Crippen molar-refractivity contribution in [2.75, 3.05) is 6.79 Å². The minimum Gasteiger partial charge on any atom is -0.459 e. The molecule has 2 aromatic rings. The number of nitrogen functional groups attached to an aromatic ring is 1. The highest BCUT2D eigenvalue weighted by Crippen LogP contribution is 2.32. The van der Waals surface area contributed by atoms with E-state index >= 15 is 0 Å². The van der Waals surface area contributed by atoms with E-state index in [9.17, 15) is 0 Å². The molecule has 0 bridgehead atoms. The maximum absolute atomic E-state index is 7.31. The number of fused-ring (bicyclic) bond motifs is 1. The second-order valence-electron chi connectivity index (χ2n) is 4.11. The first kappa shape index (κ1) is 12.2. The average Bonchev–Trinajstić information content (AvgIpc) is 2.93. The van der Waals surface area contributed by atoms with Crippen molar-refractivity contribution in [3.8, 4) is 17.5 Å². The number of benzene rings is 1. The van der Waals surface area contributed by atoms with Gasteiger partial charge in [0.05, 0.1) is 0 Å². The number of nitrogens with zero attached hydrogens (tertiary/aromatic N) is 2. The minimum atomic E-state index is -0.125. The molecule has 0 fully saturated rings. The average molecular weight is 272 g/mol. The molecule has 20 heavy (non-hydrogen) atoms. The fraction of sp³-hybridized carbons (Fsp3) is 0.154. The Hall–Kier alpha value is -2.83. The van der Waals surface area contributed by atoms with Crippen LogP contribution < -0.4 is 19.9 Å². The second-order valence-corrected chi connectivity index (χ2v) is 4.11. The second kappa shape index (κ2) is 5.04. The lowest BCUT2D eigenvalue weighted by atomic mass is 10.2. The first-order chi connectivity index (χ1) is 9.72. The monoisotopic (exact) mass is 272 g/mol. The summed E-state index contributed by atoms with van der Waals surface area (Å²) in [6, 6.07) is 7.28. The highest BCUT2D eigenvalue weighted by atomic mass is 16.7. The summed E-state index contributed by atoms with van der Waals surface area (Å²) in [4.78, 5) is 7.99. The lowest BCUT2D eigenvalue weighted by Gasteiger charge is -2.06. The van der Waals surface area contributed by atoms with Crippen LogP contribution in [0.3, 0.4) is 0 Å². The summed E-state index contributed by atoms with van der Waals surface area (Å²) in [6.45, 7) is 0.529. The van der Waals surface area contributed by atoms with E-state index in [-0.39, 0.29) is 25.2 Å². The summed E-state index contributed by atoms with van der Waals surface area (Å²) in [5.41, 5.74) is 6.60. The summed E-state index contributed by atoms with van der Waals surface area (Å²) in [5.74, 6) is 1.30. The van der Waals surface area contributed by atoms with Gasteiger partial charge in [0.25, 0.3) is 0 Å². The van der Waals surface area contributed by atoms with Crippen molar-refractivity contribution in [2.45, 2.75) is 6.61 Å². The molecule has 0 unspecified atom stereocenters. The summed E-state index contributed by atoms with van der Waals surface area (Å²) in [5, 5.41) is 7.31. The van der Waals surface area contributed by atoms with E-state index in [4.69, 9.17) is 25.4 Å². The van der Waals surface area contributed by atoms with Crippen molar-refractivity contribution in [1.82, 2.24) is 9.97 Å². The molecule has 7 nitrogen and oxygen atoms in total. The van der Waals surface area contributed by atoms with Crippen LogP contribution in [-0.4, -0.2) is 22.6 Å². The number of ether oxygens (including phenoxy) is 3. The molecule has 0 amide bonds. The number of aromatic nitrogens is 2. The summed E-state index contributed by atoms with van der Waals surface area (Å²) < 4.78 is 16.0. The van der Waals surface area contributed by atoms with Crippen LogP contribution >= 0.6 is 0 Å². The van der Waals surface area contributed by atoms with Gasteiger partial charge in [-0.25, -0.2) is 4.98 Å². The number of nitrogens with one attached hydrogen (secondary N) is 1. The van der Waals surface area contributed by atoms with Crippen molar-refractivity contribution in [1.29, 1.82) is 5.41 Å². The topological polar surface area (TPSA) is 103 Å². The quantitative estimate of drug-likeness (QED) is 0.637. The lowest BCUT2D eigenvalue weighted by molar-refractivity contribution is 0.174. The molecule has 1 aliphatic heterocycles. The fourth-order valence-corrected chi connectivity index (χ4v) is 1.74. The van der Waals surface area contributed by atoms with Crippen molar-refractivity contribution in [2.24, 2.45) is 5.73 Å². The van der Waals surface area contributed by atoms with E-state index in [1.165, 1.54) is 6.20 Å². The molecular formula is C13H12N4O3. The van der Waals surface area contributed by atoms with Crippen LogP contribution in [0.2, 0.25) is 0 Å².